The number of rotatable bonds is 6. The quantitative estimate of drug-likeness (QED) is 0.770. The van der Waals surface area contributed by atoms with Crippen molar-refractivity contribution in [3.8, 4) is 0 Å². The average Bonchev–Trinajstić information content (AvgIpc) is 2.35. The predicted molar refractivity (Wildman–Crippen MR) is 63.4 cm³/mol. The van der Waals surface area contributed by atoms with Gasteiger partial charge in [0, 0.05) is 19.1 Å². The van der Waals surface area contributed by atoms with Gasteiger partial charge < -0.3 is 9.84 Å². The number of methoxy groups -OCH3 is 1. The van der Waals surface area contributed by atoms with E-state index >= 15 is 0 Å². The number of carbonyl (C=O) groups excluding carboxylic acids is 1. The molecule has 0 aliphatic carbocycles. The standard InChI is InChI=1S/C13H16O4/c1-9(17-2)7-8-12(14)10-5-3-4-6-11(10)13(15)16/h3-6,9H,7-8H2,1-2H3,(H,15,16). The summed E-state index contributed by atoms with van der Waals surface area (Å²) in [6.45, 7) is 1.87. The molecule has 1 unspecified atom stereocenters. The third-order valence-corrected chi connectivity index (χ3v) is 2.64. The fourth-order valence-corrected chi connectivity index (χ4v) is 1.50. The number of aromatic carboxylic acids is 1. The maximum atomic E-state index is 11.9. The maximum absolute atomic E-state index is 11.9. The zero-order valence-electron chi connectivity index (χ0n) is 9.97. The van der Waals surface area contributed by atoms with Gasteiger partial charge in [-0.05, 0) is 19.4 Å². The van der Waals surface area contributed by atoms with Gasteiger partial charge in [-0.25, -0.2) is 4.79 Å². The monoisotopic (exact) mass is 236 g/mol. The molecule has 0 radical (unpaired) electrons. The summed E-state index contributed by atoms with van der Waals surface area (Å²) in [6, 6.07) is 6.26. The van der Waals surface area contributed by atoms with Gasteiger partial charge in [0.05, 0.1) is 11.7 Å². The second-order valence-electron chi connectivity index (χ2n) is 3.86. The molecule has 0 amide bonds. The fourth-order valence-electron chi connectivity index (χ4n) is 1.50. The molecule has 4 heteroatoms. The van der Waals surface area contributed by atoms with Crippen molar-refractivity contribution in [2.45, 2.75) is 25.9 Å². The number of carboxylic acids is 1. The summed E-state index contributed by atoms with van der Waals surface area (Å²) in [7, 11) is 1.58. The molecule has 0 aromatic heterocycles. The third-order valence-electron chi connectivity index (χ3n) is 2.64. The first-order chi connectivity index (χ1) is 8.06. The first-order valence-electron chi connectivity index (χ1n) is 5.44. The highest BCUT2D eigenvalue weighted by Gasteiger charge is 2.16. The second kappa shape index (κ2) is 6.15. The third kappa shape index (κ3) is 3.67. The number of carboxylic acid groups (broad SMARTS) is 1. The van der Waals surface area contributed by atoms with Gasteiger partial charge in [-0.3, -0.25) is 4.79 Å². The van der Waals surface area contributed by atoms with E-state index in [1.165, 1.54) is 6.07 Å². The maximum Gasteiger partial charge on any atom is 0.336 e. The van der Waals surface area contributed by atoms with E-state index in [1.807, 2.05) is 6.92 Å². The molecule has 0 aliphatic heterocycles. The Kier molecular flexibility index (Phi) is 4.84. The van der Waals surface area contributed by atoms with Crippen molar-refractivity contribution in [2.24, 2.45) is 0 Å². The summed E-state index contributed by atoms with van der Waals surface area (Å²) in [6.07, 6.45) is 0.874. The molecule has 1 aromatic carbocycles. The van der Waals surface area contributed by atoms with Crippen LogP contribution in [0.1, 0.15) is 40.5 Å². The largest absolute Gasteiger partial charge is 0.478 e. The Balaban J connectivity index is 2.78. The zero-order valence-corrected chi connectivity index (χ0v) is 9.97. The molecule has 1 aromatic rings. The van der Waals surface area contributed by atoms with E-state index in [1.54, 1.807) is 25.3 Å². The van der Waals surface area contributed by atoms with Crippen molar-refractivity contribution in [1.82, 2.24) is 0 Å². The van der Waals surface area contributed by atoms with Gasteiger partial charge in [-0.15, -0.1) is 0 Å². The minimum Gasteiger partial charge on any atom is -0.478 e. The number of ketones is 1. The Morgan fingerprint density at radius 2 is 1.88 bits per heavy atom. The summed E-state index contributed by atoms with van der Waals surface area (Å²) in [5, 5.41) is 8.96. The van der Waals surface area contributed by atoms with Crippen molar-refractivity contribution >= 4 is 11.8 Å². The molecule has 0 fully saturated rings. The second-order valence-corrected chi connectivity index (χ2v) is 3.86. The first-order valence-corrected chi connectivity index (χ1v) is 5.44. The van der Waals surface area contributed by atoms with E-state index < -0.39 is 5.97 Å². The van der Waals surface area contributed by atoms with Crippen molar-refractivity contribution in [3.63, 3.8) is 0 Å². The molecular formula is C13H16O4. The molecule has 0 heterocycles. The van der Waals surface area contributed by atoms with Gasteiger partial charge in [-0.2, -0.15) is 0 Å². The molecule has 0 saturated carbocycles. The molecular weight excluding hydrogens is 220 g/mol. The van der Waals surface area contributed by atoms with E-state index in [2.05, 4.69) is 0 Å². The lowest BCUT2D eigenvalue weighted by molar-refractivity contribution is 0.0690. The van der Waals surface area contributed by atoms with Crippen molar-refractivity contribution in [3.05, 3.63) is 35.4 Å². The van der Waals surface area contributed by atoms with Crippen LogP contribution >= 0.6 is 0 Å². The minimum absolute atomic E-state index is 0.00376. The smallest absolute Gasteiger partial charge is 0.336 e. The number of carbonyl (C=O) groups is 2. The van der Waals surface area contributed by atoms with Crippen LogP contribution in [0.5, 0.6) is 0 Å². The Morgan fingerprint density at radius 1 is 1.29 bits per heavy atom. The fraction of sp³-hybridized carbons (Fsp3) is 0.385. The first kappa shape index (κ1) is 13.4. The van der Waals surface area contributed by atoms with Crippen LogP contribution in [0.3, 0.4) is 0 Å². The normalized spacial score (nSPS) is 12.1. The molecule has 0 bridgehead atoms. The number of benzene rings is 1. The van der Waals surface area contributed by atoms with Crippen LogP contribution in [0.15, 0.2) is 24.3 Å². The summed E-state index contributed by atoms with van der Waals surface area (Å²) in [5.41, 5.74) is 0.325. The number of hydrogen-bond acceptors (Lipinski definition) is 3. The minimum atomic E-state index is -1.08. The van der Waals surface area contributed by atoms with Gasteiger partial charge in [0.1, 0.15) is 0 Å². The van der Waals surface area contributed by atoms with Crippen molar-refractivity contribution in [1.29, 1.82) is 0 Å². The van der Waals surface area contributed by atoms with Crippen LogP contribution in [-0.2, 0) is 4.74 Å². The molecule has 0 aliphatic rings. The predicted octanol–water partition coefficient (Wildman–Crippen LogP) is 2.38. The molecule has 92 valence electrons. The number of hydrogen-bond donors (Lipinski definition) is 1. The highest BCUT2D eigenvalue weighted by atomic mass is 16.5. The Bertz CT molecular complexity index is 412. The molecule has 0 spiro atoms. The summed E-state index contributed by atoms with van der Waals surface area (Å²) < 4.78 is 5.05. The molecule has 1 N–H and O–H groups in total. The average molecular weight is 236 g/mol. The molecule has 4 nitrogen and oxygen atoms in total. The van der Waals surface area contributed by atoms with Gasteiger partial charge in [0.25, 0.3) is 0 Å². The lowest BCUT2D eigenvalue weighted by Crippen LogP contribution is -2.12. The van der Waals surface area contributed by atoms with E-state index in [0.29, 0.717) is 12.8 Å². The van der Waals surface area contributed by atoms with Crippen molar-refractivity contribution in [2.75, 3.05) is 7.11 Å². The topological polar surface area (TPSA) is 63.6 Å². The van der Waals surface area contributed by atoms with Gasteiger partial charge in [0.15, 0.2) is 5.78 Å². The molecule has 17 heavy (non-hydrogen) atoms. The Morgan fingerprint density at radius 3 is 2.41 bits per heavy atom. The number of Topliss-reactive ketones (excluding diaryl/α,β-unsaturated/α-hetero) is 1. The van der Waals surface area contributed by atoms with Crippen LogP contribution in [0.4, 0.5) is 0 Å². The van der Waals surface area contributed by atoms with Gasteiger partial charge in [-0.1, -0.05) is 18.2 Å². The van der Waals surface area contributed by atoms with Crippen LogP contribution in [0.25, 0.3) is 0 Å². The molecule has 0 saturated heterocycles. The summed E-state index contributed by atoms with van der Waals surface area (Å²) in [4.78, 5) is 22.8. The van der Waals surface area contributed by atoms with Crippen LogP contribution in [-0.4, -0.2) is 30.1 Å². The lowest BCUT2D eigenvalue weighted by atomic mass is 10.00. The van der Waals surface area contributed by atoms with Gasteiger partial charge in [0.2, 0.25) is 0 Å². The lowest BCUT2D eigenvalue weighted by Gasteiger charge is -2.09. The Hall–Kier alpha value is -1.68. The summed E-state index contributed by atoms with van der Waals surface area (Å²) >= 11 is 0. The zero-order chi connectivity index (χ0) is 12.8. The van der Waals surface area contributed by atoms with E-state index in [-0.39, 0.29) is 23.0 Å². The van der Waals surface area contributed by atoms with Gasteiger partial charge >= 0.3 is 5.97 Å². The highest BCUT2D eigenvalue weighted by Crippen LogP contribution is 2.13. The number of ether oxygens (including phenoxy) is 1. The highest BCUT2D eigenvalue weighted by molar-refractivity contribution is 6.05. The van der Waals surface area contributed by atoms with Crippen LogP contribution < -0.4 is 0 Å². The van der Waals surface area contributed by atoms with Crippen LogP contribution in [0, 0.1) is 0 Å². The van der Waals surface area contributed by atoms with Crippen LogP contribution in [0.2, 0.25) is 0 Å². The summed E-state index contributed by atoms with van der Waals surface area (Å²) in [5.74, 6) is -1.24. The van der Waals surface area contributed by atoms with E-state index in [0.717, 1.165) is 0 Å². The molecule has 1 atom stereocenters. The Labute approximate surface area is 100 Å². The van der Waals surface area contributed by atoms with E-state index in [9.17, 15) is 9.59 Å². The SMILES string of the molecule is COC(C)CCC(=O)c1ccccc1C(=O)O. The van der Waals surface area contributed by atoms with Crippen molar-refractivity contribution < 1.29 is 19.4 Å². The van der Waals surface area contributed by atoms with E-state index in [4.69, 9.17) is 9.84 Å². The molecule has 1 rings (SSSR count).